The van der Waals surface area contributed by atoms with Gasteiger partial charge in [-0.1, -0.05) is 6.07 Å². The summed E-state index contributed by atoms with van der Waals surface area (Å²) in [6.45, 7) is 2.36. The Morgan fingerprint density at radius 1 is 1.53 bits per heavy atom. The lowest BCUT2D eigenvalue weighted by Crippen LogP contribution is -2.48. The minimum Gasteiger partial charge on any atom is -0.353 e. The third-order valence-electron chi connectivity index (χ3n) is 2.41. The quantitative estimate of drug-likeness (QED) is 0.683. The average molecular weight is 206 g/mol. The minimum atomic E-state index is 0.0472. The molecule has 0 saturated carbocycles. The van der Waals surface area contributed by atoms with E-state index in [2.05, 4.69) is 10.3 Å². The van der Waals surface area contributed by atoms with E-state index in [0.717, 1.165) is 17.9 Å². The average Bonchev–Trinajstić information content (AvgIpc) is 2.29. The van der Waals surface area contributed by atoms with E-state index < -0.39 is 0 Å². The summed E-state index contributed by atoms with van der Waals surface area (Å²) in [6, 6.07) is 3.84. The van der Waals surface area contributed by atoms with Crippen LogP contribution in [0, 0.1) is 0 Å². The van der Waals surface area contributed by atoms with Crippen molar-refractivity contribution in [3.63, 3.8) is 0 Å². The molecule has 5 heteroatoms. The highest BCUT2D eigenvalue weighted by atomic mass is 16.2. The molecule has 1 amide bonds. The number of pyridine rings is 1. The summed E-state index contributed by atoms with van der Waals surface area (Å²) in [5.74, 6) is 0.882. The van der Waals surface area contributed by atoms with Gasteiger partial charge in [-0.15, -0.1) is 0 Å². The van der Waals surface area contributed by atoms with Gasteiger partial charge in [-0.3, -0.25) is 4.79 Å². The van der Waals surface area contributed by atoms with Gasteiger partial charge in [-0.05, 0) is 11.6 Å². The molecule has 3 N–H and O–H groups in total. The van der Waals surface area contributed by atoms with E-state index in [-0.39, 0.29) is 5.91 Å². The molecular formula is C10H14N4O. The molecule has 1 aliphatic heterocycles. The number of anilines is 1. The molecule has 0 bridgehead atoms. The predicted molar refractivity (Wildman–Crippen MR) is 57.4 cm³/mol. The molecule has 0 spiro atoms. The van der Waals surface area contributed by atoms with Crippen LogP contribution < -0.4 is 16.0 Å². The van der Waals surface area contributed by atoms with E-state index in [1.165, 1.54) is 0 Å². The molecule has 1 aromatic rings. The van der Waals surface area contributed by atoms with Crippen molar-refractivity contribution in [2.75, 3.05) is 24.5 Å². The van der Waals surface area contributed by atoms with Gasteiger partial charge in [-0.25, -0.2) is 4.98 Å². The van der Waals surface area contributed by atoms with Crippen LogP contribution in [0.2, 0.25) is 0 Å². The van der Waals surface area contributed by atoms with Crippen LogP contribution in [0.4, 0.5) is 5.82 Å². The molecule has 5 nitrogen and oxygen atoms in total. The number of rotatable bonds is 2. The summed E-state index contributed by atoms with van der Waals surface area (Å²) in [4.78, 5) is 17.4. The number of carbonyl (C=O) groups is 1. The molecular weight excluding hydrogens is 192 g/mol. The largest absolute Gasteiger partial charge is 0.353 e. The molecule has 2 heterocycles. The highest BCUT2D eigenvalue weighted by Gasteiger charge is 2.16. The third-order valence-corrected chi connectivity index (χ3v) is 2.41. The van der Waals surface area contributed by atoms with Gasteiger partial charge in [0.25, 0.3) is 0 Å². The van der Waals surface area contributed by atoms with Crippen LogP contribution in [0.1, 0.15) is 5.56 Å². The van der Waals surface area contributed by atoms with Gasteiger partial charge in [0.2, 0.25) is 5.91 Å². The molecule has 0 radical (unpaired) electrons. The van der Waals surface area contributed by atoms with E-state index in [0.29, 0.717) is 19.6 Å². The Balaban J connectivity index is 2.11. The van der Waals surface area contributed by atoms with Crippen molar-refractivity contribution >= 4 is 11.7 Å². The Kier molecular flexibility index (Phi) is 2.82. The number of hydrogen-bond donors (Lipinski definition) is 2. The van der Waals surface area contributed by atoms with Crippen molar-refractivity contribution in [1.82, 2.24) is 10.3 Å². The van der Waals surface area contributed by atoms with Crippen molar-refractivity contribution in [2.24, 2.45) is 5.73 Å². The van der Waals surface area contributed by atoms with Crippen LogP contribution in [-0.4, -0.2) is 30.5 Å². The van der Waals surface area contributed by atoms with E-state index >= 15 is 0 Å². The van der Waals surface area contributed by atoms with Crippen LogP contribution in [0.5, 0.6) is 0 Å². The summed E-state index contributed by atoms with van der Waals surface area (Å²) < 4.78 is 0. The standard InChI is InChI=1S/C10H14N4O/c11-5-8-1-2-9(13-6-8)14-4-3-12-10(15)7-14/h1-2,6H,3-5,7,11H2,(H,12,15). The molecule has 1 saturated heterocycles. The van der Waals surface area contributed by atoms with Crippen LogP contribution in [0.15, 0.2) is 18.3 Å². The normalized spacial score (nSPS) is 16.3. The minimum absolute atomic E-state index is 0.0472. The summed E-state index contributed by atoms with van der Waals surface area (Å²) in [5.41, 5.74) is 6.48. The maximum Gasteiger partial charge on any atom is 0.239 e. The lowest BCUT2D eigenvalue weighted by atomic mass is 10.2. The van der Waals surface area contributed by atoms with E-state index in [1.807, 2.05) is 17.0 Å². The van der Waals surface area contributed by atoms with Crippen LogP contribution in [0.3, 0.4) is 0 Å². The first-order valence-electron chi connectivity index (χ1n) is 4.96. The van der Waals surface area contributed by atoms with Crippen LogP contribution in [-0.2, 0) is 11.3 Å². The predicted octanol–water partition coefficient (Wildman–Crippen LogP) is -0.524. The first-order chi connectivity index (χ1) is 7.29. The lowest BCUT2D eigenvalue weighted by Gasteiger charge is -2.27. The summed E-state index contributed by atoms with van der Waals surface area (Å²) in [7, 11) is 0. The highest BCUT2D eigenvalue weighted by Crippen LogP contribution is 2.11. The molecule has 0 atom stereocenters. The summed E-state index contributed by atoms with van der Waals surface area (Å²) >= 11 is 0. The molecule has 0 aliphatic carbocycles. The van der Waals surface area contributed by atoms with Crippen molar-refractivity contribution in [3.05, 3.63) is 23.9 Å². The zero-order chi connectivity index (χ0) is 10.7. The maximum atomic E-state index is 11.2. The number of piperazine rings is 1. The number of hydrogen-bond acceptors (Lipinski definition) is 4. The van der Waals surface area contributed by atoms with Gasteiger partial charge in [0, 0.05) is 25.8 Å². The second-order valence-corrected chi connectivity index (χ2v) is 3.50. The summed E-state index contributed by atoms with van der Waals surface area (Å²) in [6.07, 6.45) is 1.75. The van der Waals surface area contributed by atoms with Gasteiger partial charge >= 0.3 is 0 Å². The van der Waals surface area contributed by atoms with Crippen molar-refractivity contribution < 1.29 is 4.79 Å². The first-order valence-corrected chi connectivity index (χ1v) is 4.96. The maximum absolute atomic E-state index is 11.2. The van der Waals surface area contributed by atoms with Crippen molar-refractivity contribution in [1.29, 1.82) is 0 Å². The Morgan fingerprint density at radius 2 is 2.40 bits per heavy atom. The van der Waals surface area contributed by atoms with Gasteiger partial charge in [0.15, 0.2) is 0 Å². The third kappa shape index (κ3) is 2.24. The molecule has 1 aliphatic rings. The Hall–Kier alpha value is -1.62. The number of nitrogens with two attached hydrogens (primary N) is 1. The van der Waals surface area contributed by atoms with Crippen molar-refractivity contribution in [2.45, 2.75) is 6.54 Å². The summed E-state index contributed by atoms with van der Waals surface area (Å²) in [5, 5.41) is 2.78. The monoisotopic (exact) mass is 206 g/mol. The Labute approximate surface area is 88.3 Å². The number of amides is 1. The number of aromatic nitrogens is 1. The fourth-order valence-corrected chi connectivity index (χ4v) is 1.56. The van der Waals surface area contributed by atoms with Crippen molar-refractivity contribution in [3.8, 4) is 0 Å². The van der Waals surface area contributed by atoms with E-state index in [4.69, 9.17) is 5.73 Å². The zero-order valence-electron chi connectivity index (χ0n) is 8.44. The molecule has 0 unspecified atom stereocenters. The molecule has 1 aromatic heterocycles. The van der Waals surface area contributed by atoms with Gasteiger partial charge in [0.1, 0.15) is 5.82 Å². The molecule has 1 fully saturated rings. The number of nitrogens with one attached hydrogen (secondary N) is 1. The molecule has 15 heavy (non-hydrogen) atoms. The first kappa shape index (κ1) is 9.92. The lowest BCUT2D eigenvalue weighted by molar-refractivity contribution is -0.120. The Bertz CT molecular complexity index is 349. The van der Waals surface area contributed by atoms with Gasteiger partial charge in [-0.2, -0.15) is 0 Å². The fourth-order valence-electron chi connectivity index (χ4n) is 1.56. The van der Waals surface area contributed by atoms with Gasteiger partial charge in [0.05, 0.1) is 6.54 Å². The topological polar surface area (TPSA) is 71.2 Å². The smallest absolute Gasteiger partial charge is 0.239 e. The van der Waals surface area contributed by atoms with Gasteiger partial charge < -0.3 is 16.0 Å². The Morgan fingerprint density at radius 3 is 3.00 bits per heavy atom. The molecule has 0 aromatic carbocycles. The van der Waals surface area contributed by atoms with E-state index in [9.17, 15) is 4.79 Å². The van der Waals surface area contributed by atoms with Crippen LogP contribution >= 0.6 is 0 Å². The second-order valence-electron chi connectivity index (χ2n) is 3.50. The van der Waals surface area contributed by atoms with Crippen LogP contribution in [0.25, 0.3) is 0 Å². The second kappa shape index (κ2) is 4.27. The highest BCUT2D eigenvalue weighted by molar-refractivity contribution is 5.82. The molecule has 2 rings (SSSR count). The van der Waals surface area contributed by atoms with E-state index in [1.54, 1.807) is 6.20 Å². The number of carbonyl (C=O) groups excluding carboxylic acids is 1. The SMILES string of the molecule is NCc1ccc(N2CCNC(=O)C2)nc1. The zero-order valence-corrected chi connectivity index (χ0v) is 8.44. The fraction of sp³-hybridized carbons (Fsp3) is 0.400. The number of nitrogens with zero attached hydrogens (tertiary/aromatic N) is 2. The molecule has 80 valence electrons.